The molecule has 1 aliphatic rings. The number of fused-ring (bicyclic) bond motifs is 1. The highest BCUT2D eigenvalue weighted by Gasteiger charge is 2.25. The number of nitrogens with one attached hydrogen (secondary N) is 1. The maximum absolute atomic E-state index is 12.2. The summed E-state index contributed by atoms with van der Waals surface area (Å²) >= 11 is 1.38. The van der Waals surface area contributed by atoms with E-state index >= 15 is 0 Å². The molecule has 1 aliphatic carbocycles. The number of carbonyl (C=O) groups excluding carboxylic acids is 3. The number of thiophene rings is 1. The molecule has 0 saturated carbocycles. The van der Waals surface area contributed by atoms with Gasteiger partial charge in [-0.3, -0.25) is 14.4 Å². The Balaban J connectivity index is 1.53. The Morgan fingerprint density at radius 3 is 2.69 bits per heavy atom. The predicted octanol–water partition coefficient (Wildman–Crippen LogP) is 2.85. The van der Waals surface area contributed by atoms with Crippen LogP contribution in [-0.4, -0.2) is 31.5 Å². The number of hydrogen-bond acceptors (Lipinski definition) is 6. The van der Waals surface area contributed by atoms with Gasteiger partial charge < -0.3 is 20.5 Å². The molecular formula is C21H24N2O5S. The van der Waals surface area contributed by atoms with Crippen molar-refractivity contribution in [2.24, 2.45) is 5.73 Å². The van der Waals surface area contributed by atoms with Crippen LogP contribution >= 0.6 is 11.3 Å². The van der Waals surface area contributed by atoms with Crippen molar-refractivity contribution in [3.8, 4) is 5.75 Å². The Bertz CT molecular complexity index is 922. The molecule has 0 atom stereocenters. The lowest BCUT2D eigenvalue weighted by Crippen LogP contribution is -2.23. The van der Waals surface area contributed by atoms with Crippen LogP contribution in [0.15, 0.2) is 24.3 Å². The molecule has 0 saturated heterocycles. The number of anilines is 1. The summed E-state index contributed by atoms with van der Waals surface area (Å²) in [5.41, 5.74) is 7.75. The van der Waals surface area contributed by atoms with E-state index in [9.17, 15) is 14.4 Å². The van der Waals surface area contributed by atoms with Crippen LogP contribution in [0.4, 0.5) is 5.00 Å². The van der Waals surface area contributed by atoms with Crippen molar-refractivity contribution in [1.29, 1.82) is 0 Å². The Kier molecular flexibility index (Phi) is 6.87. The van der Waals surface area contributed by atoms with Crippen molar-refractivity contribution in [3.05, 3.63) is 45.8 Å². The first-order chi connectivity index (χ1) is 14.0. The first-order valence-corrected chi connectivity index (χ1v) is 10.3. The van der Waals surface area contributed by atoms with Crippen molar-refractivity contribution in [3.63, 3.8) is 0 Å². The van der Waals surface area contributed by atoms with E-state index in [1.165, 1.54) is 11.3 Å². The van der Waals surface area contributed by atoms with Gasteiger partial charge in [0, 0.05) is 11.3 Å². The number of nitrogens with two attached hydrogens (primary N) is 1. The first-order valence-electron chi connectivity index (χ1n) is 9.51. The van der Waals surface area contributed by atoms with E-state index in [4.69, 9.17) is 15.2 Å². The zero-order valence-corrected chi connectivity index (χ0v) is 17.1. The normalized spacial score (nSPS) is 12.7. The average Bonchev–Trinajstić information content (AvgIpc) is 3.08. The second-order valence-electron chi connectivity index (χ2n) is 6.80. The third kappa shape index (κ3) is 5.14. The number of ether oxygens (including phenoxy) is 2. The zero-order chi connectivity index (χ0) is 20.8. The molecular weight excluding hydrogens is 392 g/mol. The number of carbonyl (C=O) groups is 3. The lowest BCUT2D eigenvalue weighted by Gasteiger charge is -2.11. The molecule has 1 aromatic carbocycles. The highest BCUT2D eigenvalue weighted by atomic mass is 32.1. The fourth-order valence-corrected chi connectivity index (χ4v) is 4.75. The lowest BCUT2D eigenvalue weighted by atomic mass is 9.95. The summed E-state index contributed by atoms with van der Waals surface area (Å²) in [6, 6.07) is 7.43. The van der Waals surface area contributed by atoms with Crippen LogP contribution in [0, 0.1) is 0 Å². The fraction of sp³-hybridized carbons (Fsp3) is 0.381. The first kappa shape index (κ1) is 20.9. The highest BCUT2D eigenvalue weighted by molar-refractivity contribution is 7.17. The van der Waals surface area contributed by atoms with Crippen molar-refractivity contribution < 1.29 is 23.9 Å². The van der Waals surface area contributed by atoms with Gasteiger partial charge in [0.1, 0.15) is 10.8 Å². The zero-order valence-electron chi connectivity index (χ0n) is 16.3. The molecule has 0 aliphatic heterocycles. The van der Waals surface area contributed by atoms with Gasteiger partial charge in [-0.15, -0.1) is 11.3 Å². The second-order valence-corrected chi connectivity index (χ2v) is 7.91. The maximum Gasteiger partial charge on any atom is 0.306 e. The number of amides is 2. The van der Waals surface area contributed by atoms with Gasteiger partial charge in [0.2, 0.25) is 0 Å². The van der Waals surface area contributed by atoms with Gasteiger partial charge in [0.15, 0.2) is 6.61 Å². The number of hydrogen-bond donors (Lipinski definition) is 2. The van der Waals surface area contributed by atoms with Crippen molar-refractivity contribution in [2.45, 2.75) is 38.5 Å². The van der Waals surface area contributed by atoms with Gasteiger partial charge in [0.25, 0.3) is 11.8 Å². The Morgan fingerprint density at radius 2 is 1.93 bits per heavy atom. The van der Waals surface area contributed by atoms with E-state index in [1.54, 1.807) is 7.11 Å². The van der Waals surface area contributed by atoms with E-state index in [1.807, 2.05) is 24.3 Å². The summed E-state index contributed by atoms with van der Waals surface area (Å²) in [6.45, 7) is -0.411. The van der Waals surface area contributed by atoms with Gasteiger partial charge in [-0.2, -0.15) is 0 Å². The number of rotatable bonds is 8. The monoisotopic (exact) mass is 416 g/mol. The molecule has 1 aromatic heterocycles. The Morgan fingerprint density at radius 1 is 1.17 bits per heavy atom. The second kappa shape index (κ2) is 9.56. The van der Waals surface area contributed by atoms with E-state index in [0.29, 0.717) is 22.7 Å². The molecule has 29 heavy (non-hydrogen) atoms. The number of benzene rings is 1. The molecule has 1 heterocycles. The highest BCUT2D eigenvalue weighted by Crippen LogP contribution is 2.37. The number of esters is 1. The van der Waals surface area contributed by atoms with Crippen molar-refractivity contribution in [2.75, 3.05) is 19.0 Å². The van der Waals surface area contributed by atoms with Crippen LogP contribution in [0.5, 0.6) is 5.75 Å². The van der Waals surface area contributed by atoms with Gasteiger partial charge in [0.05, 0.1) is 12.7 Å². The smallest absolute Gasteiger partial charge is 0.306 e. The van der Waals surface area contributed by atoms with Gasteiger partial charge in [-0.05, 0) is 49.3 Å². The van der Waals surface area contributed by atoms with Crippen molar-refractivity contribution in [1.82, 2.24) is 0 Å². The third-order valence-electron chi connectivity index (χ3n) is 4.83. The van der Waals surface area contributed by atoms with Crippen LogP contribution < -0.4 is 15.8 Å². The maximum atomic E-state index is 12.2. The van der Waals surface area contributed by atoms with Gasteiger partial charge >= 0.3 is 5.97 Å². The standard InChI is InChI=1S/C21H24N2O5S/c1-27-15-8-4-2-6-13(15)10-11-18(25)28-12-17(24)23-21-19(20(22)26)14-7-3-5-9-16(14)29-21/h2,4,6,8H,3,5,7,9-12H2,1H3,(H2,22,26)(H,23,24). The lowest BCUT2D eigenvalue weighted by molar-refractivity contribution is -0.147. The molecule has 0 bridgehead atoms. The molecule has 154 valence electrons. The molecule has 7 nitrogen and oxygen atoms in total. The van der Waals surface area contributed by atoms with Gasteiger partial charge in [-0.1, -0.05) is 18.2 Å². The number of para-hydroxylation sites is 1. The minimum Gasteiger partial charge on any atom is -0.496 e. The van der Waals surface area contributed by atoms with E-state index in [0.717, 1.165) is 41.7 Å². The van der Waals surface area contributed by atoms with Crippen LogP contribution in [0.1, 0.15) is 45.6 Å². The number of aryl methyl sites for hydroxylation is 2. The molecule has 3 rings (SSSR count). The summed E-state index contributed by atoms with van der Waals surface area (Å²) in [4.78, 5) is 37.2. The molecule has 2 aromatic rings. The number of methoxy groups -OCH3 is 1. The summed E-state index contributed by atoms with van der Waals surface area (Å²) in [5, 5.41) is 3.12. The minimum atomic E-state index is -0.548. The number of primary amides is 1. The summed E-state index contributed by atoms with van der Waals surface area (Å²) in [7, 11) is 1.57. The van der Waals surface area contributed by atoms with Crippen LogP contribution in [0.2, 0.25) is 0 Å². The topological polar surface area (TPSA) is 108 Å². The summed E-state index contributed by atoms with van der Waals surface area (Å²) in [6.07, 6.45) is 4.32. The van der Waals surface area contributed by atoms with E-state index in [2.05, 4.69) is 5.32 Å². The van der Waals surface area contributed by atoms with Gasteiger partial charge in [-0.25, -0.2) is 0 Å². The SMILES string of the molecule is COc1ccccc1CCC(=O)OCC(=O)Nc1sc2c(c1C(N)=O)CCCC2. The summed E-state index contributed by atoms with van der Waals surface area (Å²) in [5.74, 6) is -0.810. The molecule has 8 heteroatoms. The van der Waals surface area contributed by atoms with E-state index < -0.39 is 24.4 Å². The molecule has 0 fully saturated rings. The minimum absolute atomic E-state index is 0.132. The summed E-state index contributed by atoms with van der Waals surface area (Å²) < 4.78 is 10.3. The Hall–Kier alpha value is -2.87. The van der Waals surface area contributed by atoms with Crippen LogP contribution in [0.3, 0.4) is 0 Å². The average molecular weight is 416 g/mol. The van der Waals surface area contributed by atoms with Crippen LogP contribution in [0.25, 0.3) is 0 Å². The molecule has 3 N–H and O–H groups in total. The molecule has 0 radical (unpaired) electrons. The van der Waals surface area contributed by atoms with E-state index in [-0.39, 0.29) is 6.42 Å². The molecule has 0 spiro atoms. The third-order valence-corrected chi connectivity index (χ3v) is 6.03. The molecule has 2 amide bonds. The van der Waals surface area contributed by atoms with Crippen molar-refractivity contribution >= 4 is 34.1 Å². The quantitative estimate of drug-likeness (QED) is 0.644. The fourth-order valence-electron chi connectivity index (χ4n) is 3.44. The molecule has 0 unspecified atom stereocenters. The largest absolute Gasteiger partial charge is 0.496 e. The van der Waals surface area contributed by atoms with Crippen LogP contribution in [-0.2, 0) is 33.6 Å². The predicted molar refractivity (Wildman–Crippen MR) is 110 cm³/mol. The Labute approximate surface area is 173 Å².